The Bertz CT molecular complexity index is 1010. The fraction of sp³-hybridized carbons (Fsp3) is 0.174. The van der Waals surface area contributed by atoms with E-state index < -0.39 is 0 Å². The number of carbonyl (C=O) groups is 2. The number of carbonyl (C=O) groups excluding carboxylic acids is 2. The summed E-state index contributed by atoms with van der Waals surface area (Å²) in [4.78, 5) is 31.4. The zero-order chi connectivity index (χ0) is 21.3. The Kier molecular flexibility index (Phi) is 7.82. The summed E-state index contributed by atoms with van der Waals surface area (Å²) in [6, 6.07) is 17.7. The number of anilines is 2. The number of hydrogen-bond donors (Lipinski definition) is 1. The summed E-state index contributed by atoms with van der Waals surface area (Å²) in [6.07, 6.45) is 3.13. The summed E-state index contributed by atoms with van der Waals surface area (Å²) in [5.74, 6) is 0.518. The Morgan fingerprint density at radius 2 is 1.87 bits per heavy atom. The van der Waals surface area contributed by atoms with Crippen molar-refractivity contribution in [2.75, 3.05) is 17.2 Å². The van der Waals surface area contributed by atoms with Gasteiger partial charge in [0.2, 0.25) is 11.8 Å². The molecule has 0 atom stereocenters. The minimum absolute atomic E-state index is 0.116. The van der Waals surface area contributed by atoms with Crippen LogP contribution in [-0.4, -0.2) is 29.1 Å². The summed E-state index contributed by atoms with van der Waals surface area (Å²) in [6.45, 7) is 4.15. The third-order valence-electron chi connectivity index (χ3n) is 4.13. The van der Waals surface area contributed by atoms with E-state index >= 15 is 0 Å². The van der Waals surface area contributed by atoms with Gasteiger partial charge in [-0.05, 0) is 37.3 Å². The molecule has 1 aromatic heterocycles. The molecule has 1 N–H and O–H groups in total. The van der Waals surface area contributed by atoms with Gasteiger partial charge in [0.25, 0.3) is 0 Å². The first kappa shape index (κ1) is 21.8. The first-order valence-corrected chi connectivity index (χ1v) is 11.4. The van der Waals surface area contributed by atoms with Crippen molar-refractivity contribution in [2.24, 2.45) is 0 Å². The van der Waals surface area contributed by atoms with Crippen LogP contribution in [0.1, 0.15) is 18.2 Å². The molecule has 2 aromatic carbocycles. The number of rotatable bonds is 8. The van der Waals surface area contributed by atoms with Crippen LogP contribution in [0.4, 0.5) is 10.8 Å². The minimum atomic E-state index is -0.166. The molecule has 3 aromatic rings. The Hall–Kier alpha value is -2.90. The molecule has 5 nitrogen and oxygen atoms in total. The zero-order valence-corrected chi connectivity index (χ0v) is 18.5. The van der Waals surface area contributed by atoms with Crippen molar-refractivity contribution in [3.63, 3.8) is 0 Å². The largest absolute Gasteiger partial charge is 0.352 e. The maximum absolute atomic E-state index is 12.1. The molecule has 1 heterocycles. The second-order valence-corrected chi connectivity index (χ2v) is 8.54. The van der Waals surface area contributed by atoms with Crippen molar-refractivity contribution in [1.29, 1.82) is 0 Å². The molecule has 2 amide bonds. The van der Waals surface area contributed by atoms with Crippen molar-refractivity contribution in [3.05, 3.63) is 77.3 Å². The SMILES string of the molecule is CC(=O)N(c1ccccc1)c1nc(/C=C/C(=O)NCCSc2ccc(C)cc2)cs1. The molecule has 0 bridgehead atoms. The molecule has 0 spiro atoms. The van der Waals surface area contributed by atoms with E-state index in [-0.39, 0.29) is 11.8 Å². The number of nitrogens with one attached hydrogen (secondary N) is 1. The summed E-state index contributed by atoms with van der Waals surface area (Å²) < 4.78 is 0. The number of benzene rings is 2. The number of thioether (sulfide) groups is 1. The quantitative estimate of drug-likeness (QED) is 0.304. The smallest absolute Gasteiger partial charge is 0.244 e. The third kappa shape index (κ3) is 6.30. The van der Waals surface area contributed by atoms with Gasteiger partial charge in [0.1, 0.15) is 0 Å². The molecule has 0 aliphatic carbocycles. The second kappa shape index (κ2) is 10.8. The highest BCUT2D eigenvalue weighted by Crippen LogP contribution is 2.29. The van der Waals surface area contributed by atoms with Crippen molar-refractivity contribution >= 4 is 51.8 Å². The molecule has 7 heteroatoms. The van der Waals surface area contributed by atoms with Gasteiger partial charge in [0, 0.05) is 35.6 Å². The topological polar surface area (TPSA) is 62.3 Å². The van der Waals surface area contributed by atoms with Crippen LogP contribution in [0, 0.1) is 6.92 Å². The van der Waals surface area contributed by atoms with Gasteiger partial charge in [-0.2, -0.15) is 0 Å². The number of aromatic nitrogens is 1. The summed E-state index contributed by atoms with van der Waals surface area (Å²) in [5, 5.41) is 5.27. The van der Waals surface area contributed by atoms with Crippen molar-refractivity contribution < 1.29 is 9.59 Å². The third-order valence-corrected chi connectivity index (χ3v) is 5.98. The first-order chi connectivity index (χ1) is 14.5. The Morgan fingerprint density at radius 1 is 1.13 bits per heavy atom. The monoisotopic (exact) mass is 437 g/mol. The van der Waals surface area contributed by atoms with E-state index in [0.717, 1.165) is 11.4 Å². The van der Waals surface area contributed by atoms with Gasteiger partial charge >= 0.3 is 0 Å². The highest BCUT2D eigenvalue weighted by Gasteiger charge is 2.17. The Labute approximate surface area is 184 Å². The molecule has 154 valence electrons. The molecule has 0 aliphatic heterocycles. The van der Waals surface area contributed by atoms with E-state index in [4.69, 9.17) is 0 Å². The number of para-hydroxylation sites is 1. The van der Waals surface area contributed by atoms with Crippen LogP contribution < -0.4 is 10.2 Å². The zero-order valence-electron chi connectivity index (χ0n) is 16.9. The number of hydrogen-bond acceptors (Lipinski definition) is 5. The van der Waals surface area contributed by atoms with Crippen molar-refractivity contribution in [2.45, 2.75) is 18.7 Å². The van der Waals surface area contributed by atoms with Gasteiger partial charge in [-0.3, -0.25) is 14.5 Å². The van der Waals surface area contributed by atoms with E-state index in [1.54, 1.807) is 22.7 Å². The van der Waals surface area contributed by atoms with Crippen LogP contribution >= 0.6 is 23.1 Å². The highest BCUT2D eigenvalue weighted by atomic mass is 32.2. The average Bonchev–Trinajstić information content (AvgIpc) is 3.20. The maximum atomic E-state index is 12.1. The van der Waals surface area contributed by atoms with Gasteiger partial charge in [-0.1, -0.05) is 35.9 Å². The lowest BCUT2D eigenvalue weighted by Gasteiger charge is -2.17. The molecule has 0 saturated carbocycles. The normalized spacial score (nSPS) is 10.9. The van der Waals surface area contributed by atoms with Gasteiger partial charge in [-0.25, -0.2) is 4.98 Å². The molecular formula is C23H23N3O2S2. The predicted octanol–water partition coefficient (Wildman–Crippen LogP) is 5.06. The van der Waals surface area contributed by atoms with E-state index in [9.17, 15) is 9.59 Å². The van der Waals surface area contributed by atoms with Crippen LogP contribution in [0.15, 0.2) is 70.9 Å². The molecule has 30 heavy (non-hydrogen) atoms. The van der Waals surface area contributed by atoms with Crippen LogP contribution in [0.5, 0.6) is 0 Å². The first-order valence-electron chi connectivity index (χ1n) is 9.49. The molecule has 0 fully saturated rings. The fourth-order valence-corrected chi connectivity index (χ4v) is 4.28. The van der Waals surface area contributed by atoms with Crippen LogP contribution in [0.3, 0.4) is 0 Å². The molecule has 0 radical (unpaired) electrons. The average molecular weight is 438 g/mol. The van der Waals surface area contributed by atoms with E-state index in [1.165, 1.54) is 34.8 Å². The summed E-state index contributed by atoms with van der Waals surface area (Å²) in [7, 11) is 0. The predicted molar refractivity (Wildman–Crippen MR) is 125 cm³/mol. The standard InChI is InChI=1S/C23H23N3O2S2/c1-17-8-11-21(12-9-17)29-15-14-24-22(28)13-10-19-16-30-23(25-19)26(18(2)27)20-6-4-3-5-7-20/h3-13,16H,14-15H2,1-2H3,(H,24,28)/b13-10+. The lowest BCUT2D eigenvalue weighted by Crippen LogP contribution is -2.23. The number of thiazole rings is 1. The lowest BCUT2D eigenvalue weighted by molar-refractivity contribution is -0.117. The Morgan fingerprint density at radius 3 is 2.57 bits per heavy atom. The lowest BCUT2D eigenvalue weighted by atomic mass is 10.2. The van der Waals surface area contributed by atoms with E-state index in [1.807, 2.05) is 35.7 Å². The molecule has 0 aliphatic rings. The van der Waals surface area contributed by atoms with Crippen molar-refractivity contribution in [1.82, 2.24) is 10.3 Å². The van der Waals surface area contributed by atoms with Gasteiger partial charge < -0.3 is 5.32 Å². The summed E-state index contributed by atoms with van der Waals surface area (Å²) >= 11 is 3.07. The minimum Gasteiger partial charge on any atom is -0.352 e. The van der Waals surface area contributed by atoms with Crippen molar-refractivity contribution in [3.8, 4) is 0 Å². The van der Waals surface area contributed by atoms with E-state index in [2.05, 4.69) is 41.5 Å². The second-order valence-electron chi connectivity index (χ2n) is 6.53. The maximum Gasteiger partial charge on any atom is 0.244 e. The number of aryl methyl sites for hydroxylation is 1. The molecule has 3 rings (SSSR count). The van der Waals surface area contributed by atoms with Gasteiger partial charge in [0.15, 0.2) is 5.13 Å². The van der Waals surface area contributed by atoms with Gasteiger partial charge in [-0.15, -0.1) is 23.1 Å². The molecule has 0 unspecified atom stereocenters. The molecule has 0 saturated heterocycles. The fourth-order valence-electron chi connectivity index (χ4n) is 2.66. The van der Waals surface area contributed by atoms with Crippen LogP contribution in [0.25, 0.3) is 6.08 Å². The molecular weight excluding hydrogens is 414 g/mol. The summed E-state index contributed by atoms with van der Waals surface area (Å²) in [5.41, 5.74) is 2.64. The van der Waals surface area contributed by atoms with E-state index in [0.29, 0.717) is 17.4 Å². The highest BCUT2D eigenvalue weighted by molar-refractivity contribution is 7.99. The van der Waals surface area contributed by atoms with Crippen LogP contribution in [0.2, 0.25) is 0 Å². The van der Waals surface area contributed by atoms with Gasteiger partial charge in [0.05, 0.1) is 11.4 Å². The number of amides is 2. The Balaban J connectivity index is 1.51. The van der Waals surface area contributed by atoms with Crippen LogP contribution in [-0.2, 0) is 9.59 Å². The number of nitrogens with zero attached hydrogens (tertiary/aromatic N) is 2.